The van der Waals surface area contributed by atoms with E-state index in [4.69, 9.17) is 4.98 Å². The number of halogens is 2. The van der Waals surface area contributed by atoms with Gasteiger partial charge in [-0.05, 0) is 93.6 Å². The van der Waals surface area contributed by atoms with Crippen molar-refractivity contribution < 1.29 is 13.6 Å². The molecule has 6 nitrogen and oxygen atoms in total. The van der Waals surface area contributed by atoms with Crippen molar-refractivity contribution in [2.45, 2.75) is 44.2 Å². The van der Waals surface area contributed by atoms with Crippen molar-refractivity contribution in [2.75, 3.05) is 39.3 Å². The number of nitrogens with one attached hydrogen (secondary N) is 2. The number of hydrogen-bond donors (Lipinski definition) is 2. The summed E-state index contributed by atoms with van der Waals surface area (Å²) in [6.07, 6.45) is 5.34. The molecule has 2 aromatic carbocycles. The number of rotatable bonds is 7. The molecular formula is C29H33F2N5OS. The number of benzene rings is 2. The second-order valence-electron chi connectivity index (χ2n) is 10.5. The summed E-state index contributed by atoms with van der Waals surface area (Å²) >= 11 is 1.49. The summed E-state index contributed by atoms with van der Waals surface area (Å²) in [5.41, 5.74) is 3.75. The maximum atomic E-state index is 15.1. The summed E-state index contributed by atoms with van der Waals surface area (Å²) in [4.78, 5) is 20.5. The Morgan fingerprint density at radius 1 is 1.11 bits per heavy atom. The second kappa shape index (κ2) is 11.1. The molecule has 2 aliphatic rings. The number of carbonyl (C=O) groups is 1. The third-order valence-electron chi connectivity index (χ3n) is 7.89. The fraction of sp³-hybridized carbons (Fsp3) is 0.448. The number of likely N-dealkylation sites (tertiary alicyclic amines) is 1. The summed E-state index contributed by atoms with van der Waals surface area (Å²) in [5, 5.41) is 6.36. The van der Waals surface area contributed by atoms with Crippen molar-refractivity contribution in [2.24, 2.45) is 0 Å². The summed E-state index contributed by atoms with van der Waals surface area (Å²) in [6, 6.07) is 11.2. The number of carbonyl (C=O) groups excluding carboxylic acids is 1. The van der Waals surface area contributed by atoms with Crippen LogP contribution < -0.4 is 10.6 Å². The Kier molecular flexibility index (Phi) is 7.41. The Balaban J connectivity index is 1.11. The Labute approximate surface area is 225 Å². The van der Waals surface area contributed by atoms with Gasteiger partial charge in [0.05, 0.1) is 15.9 Å². The van der Waals surface area contributed by atoms with Gasteiger partial charge >= 0.3 is 0 Å². The van der Waals surface area contributed by atoms with E-state index >= 15 is 4.39 Å². The van der Waals surface area contributed by atoms with E-state index in [9.17, 15) is 9.18 Å². The van der Waals surface area contributed by atoms with E-state index < -0.39 is 6.17 Å². The zero-order valence-electron chi connectivity index (χ0n) is 21.4. The molecule has 1 amide bonds. The Morgan fingerprint density at radius 3 is 2.71 bits per heavy atom. The molecule has 0 aliphatic carbocycles. The summed E-state index contributed by atoms with van der Waals surface area (Å²) in [7, 11) is 0. The molecule has 2 aromatic heterocycles. The molecule has 2 fully saturated rings. The van der Waals surface area contributed by atoms with Crippen LogP contribution in [0.2, 0.25) is 0 Å². The third kappa shape index (κ3) is 5.32. The van der Waals surface area contributed by atoms with Crippen LogP contribution in [-0.2, 0) is 0 Å². The second-order valence-corrected chi connectivity index (χ2v) is 11.5. The van der Waals surface area contributed by atoms with Gasteiger partial charge in [0, 0.05) is 37.0 Å². The largest absolute Gasteiger partial charge is 0.352 e. The van der Waals surface area contributed by atoms with Crippen LogP contribution in [0.25, 0.3) is 26.4 Å². The SMILES string of the molecule is O=C(NCCCN1CCC(F)CC1)c1ccc2c(c1)sc1nc(-c3ccc(C4CCNCC4)cc3F)cn12. The standard InChI is InChI=1S/C29H33F2N5OS/c30-22-8-14-35(15-9-22)13-1-10-33-28(37)21-3-5-26-27(17-21)38-29-34-25(18-36(26)29)23-4-2-20(16-24(23)31)19-6-11-32-12-7-19/h2-5,16-19,22,32H,1,6-15H2,(H,33,37). The van der Waals surface area contributed by atoms with Crippen LogP contribution in [0.3, 0.4) is 0 Å². The zero-order valence-corrected chi connectivity index (χ0v) is 22.2. The van der Waals surface area contributed by atoms with Gasteiger partial charge in [-0.15, -0.1) is 0 Å². The van der Waals surface area contributed by atoms with Crippen molar-refractivity contribution >= 4 is 32.4 Å². The molecule has 200 valence electrons. The highest BCUT2D eigenvalue weighted by Crippen LogP contribution is 2.33. The van der Waals surface area contributed by atoms with Crippen molar-refractivity contribution in [3.63, 3.8) is 0 Å². The third-order valence-corrected chi connectivity index (χ3v) is 8.91. The van der Waals surface area contributed by atoms with Gasteiger partial charge in [0.2, 0.25) is 0 Å². The van der Waals surface area contributed by atoms with Gasteiger partial charge in [0.15, 0.2) is 4.96 Å². The smallest absolute Gasteiger partial charge is 0.251 e. The van der Waals surface area contributed by atoms with Crippen LogP contribution >= 0.6 is 11.3 Å². The molecule has 0 bridgehead atoms. The summed E-state index contributed by atoms with van der Waals surface area (Å²) in [5.74, 6) is 0.0692. The Bertz CT molecular complexity index is 1440. The van der Waals surface area contributed by atoms with E-state index in [0.29, 0.717) is 42.1 Å². The maximum absolute atomic E-state index is 15.1. The fourth-order valence-electron chi connectivity index (χ4n) is 5.65. The van der Waals surface area contributed by atoms with E-state index in [1.807, 2.05) is 40.9 Å². The van der Waals surface area contributed by atoms with E-state index in [-0.39, 0.29) is 11.7 Å². The van der Waals surface area contributed by atoms with Crippen molar-refractivity contribution in [1.29, 1.82) is 0 Å². The van der Waals surface area contributed by atoms with Gasteiger partial charge in [-0.3, -0.25) is 9.20 Å². The van der Waals surface area contributed by atoms with E-state index in [0.717, 1.165) is 72.7 Å². The lowest BCUT2D eigenvalue weighted by molar-refractivity contribution is 0.0950. The number of aromatic nitrogens is 2. The quantitative estimate of drug-likeness (QED) is 0.311. The first-order chi connectivity index (χ1) is 18.5. The van der Waals surface area contributed by atoms with Gasteiger partial charge in [-0.1, -0.05) is 17.4 Å². The number of hydrogen-bond acceptors (Lipinski definition) is 5. The molecule has 38 heavy (non-hydrogen) atoms. The number of imidazole rings is 1. The predicted molar refractivity (Wildman–Crippen MR) is 148 cm³/mol. The number of amides is 1. The highest BCUT2D eigenvalue weighted by atomic mass is 32.1. The molecule has 0 radical (unpaired) electrons. The normalized spacial score (nSPS) is 17.9. The molecular weight excluding hydrogens is 504 g/mol. The first-order valence-corrected chi connectivity index (χ1v) is 14.4. The highest BCUT2D eigenvalue weighted by Gasteiger charge is 2.20. The van der Waals surface area contributed by atoms with Gasteiger partial charge in [-0.2, -0.15) is 0 Å². The molecule has 0 atom stereocenters. The fourth-order valence-corrected chi connectivity index (χ4v) is 6.70. The number of alkyl halides is 1. The van der Waals surface area contributed by atoms with Crippen molar-refractivity contribution in [1.82, 2.24) is 24.9 Å². The molecule has 0 saturated carbocycles. The summed E-state index contributed by atoms with van der Waals surface area (Å²) < 4.78 is 31.3. The van der Waals surface area contributed by atoms with E-state index in [2.05, 4.69) is 15.5 Å². The van der Waals surface area contributed by atoms with Crippen LogP contribution in [0.5, 0.6) is 0 Å². The van der Waals surface area contributed by atoms with Gasteiger partial charge in [0.1, 0.15) is 12.0 Å². The van der Waals surface area contributed by atoms with Gasteiger partial charge < -0.3 is 15.5 Å². The number of nitrogens with zero attached hydrogens (tertiary/aromatic N) is 3. The molecule has 0 unspecified atom stereocenters. The number of thiazole rings is 1. The first kappa shape index (κ1) is 25.4. The average Bonchev–Trinajstić information content (AvgIpc) is 3.50. The van der Waals surface area contributed by atoms with Crippen LogP contribution in [0.1, 0.15) is 53.9 Å². The van der Waals surface area contributed by atoms with Crippen LogP contribution in [0, 0.1) is 5.82 Å². The molecule has 4 aromatic rings. The van der Waals surface area contributed by atoms with E-state index in [1.165, 1.54) is 11.3 Å². The molecule has 0 spiro atoms. The average molecular weight is 538 g/mol. The molecule has 4 heterocycles. The minimum absolute atomic E-state index is 0.1000. The molecule has 6 rings (SSSR count). The van der Waals surface area contributed by atoms with Crippen LogP contribution in [-0.4, -0.2) is 65.6 Å². The Hall–Kier alpha value is -2.88. The molecule has 2 N–H and O–H groups in total. The van der Waals surface area contributed by atoms with Crippen molar-refractivity contribution in [3.05, 3.63) is 59.5 Å². The van der Waals surface area contributed by atoms with Crippen molar-refractivity contribution in [3.8, 4) is 11.3 Å². The minimum atomic E-state index is -0.663. The van der Waals surface area contributed by atoms with Gasteiger partial charge in [-0.25, -0.2) is 13.8 Å². The number of piperidine rings is 2. The number of fused-ring (bicyclic) bond motifs is 3. The summed E-state index contributed by atoms with van der Waals surface area (Å²) in [6.45, 7) is 5.00. The highest BCUT2D eigenvalue weighted by molar-refractivity contribution is 7.23. The first-order valence-electron chi connectivity index (χ1n) is 13.6. The monoisotopic (exact) mass is 537 g/mol. The minimum Gasteiger partial charge on any atom is -0.352 e. The Morgan fingerprint density at radius 2 is 1.92 bits per heavy atom. The lowest BCUT2D eigenvalue weighted by atomic mass is 9.89. The zero-order chi connectivity index (χ0) is 26.1. The predicted octanol–water partition coefficient (Wildman–Crippen LogP) is 5.38. The van der Waals surface area contributed by atoms with Gasteiger partial charge in [0.25, 0.3) is 5.91 Å². The molecule has 2 aliphatic heterocycles. The molecule has 9 heteroatoms. The molecule has 2 saturated heterocycles. The van der Waals surface area contributed by atoms with E-state index in [1.54, 1.807) is 6.07 Å². The lowest BCUT2D eigenvalue weighted by Crippen LogP contribution is -2.36. The van der Waals surface area contributed by atoms with Crippen LogP contribution in [0.4, 0.5) is 8.78 Å². The lowest BCUT2D eigenvalue weighted by Gasteiger charge is -2.28. The topological polar surface area (TPSA) is 61.7 Å². The van der Waals surface area contributed by atoms with Crippen LogP contribution in [0.15, 0.2) is 42.6 Å². The maximum Gasteiger partial charge on any atom is 0.251 e.